The molecule has 1 amide bonds. The third kappa shape index (κ3) is 5.88. The highest BCUT2D eigenvalue weighted by Crippen LogP contribution is 2.46. The Labute approximate surface area is 257 Å². The zero-order chi connectivity index (χ0) is 30.5. The van der Waals surface area contributed by atoms with Gasteiger partial charge in [0.15, 0.2) is 9.84 Å². The van der Waals surface area contributed by atoms with Gasteiger partial charge in [-0.05, 0) is 89.7 Å². The van der Waals surface area contributed by atoms with Gasteiger partial charge in [0.1, 0.15) is 0 Å². The van der Waals surface area contributed by atoms with Gasteiger partial charge < -0.3 is 10.4 Å². The normalized spacial score (nSPS) is 14.0. The molecule has 0 spiro atoms. The zero-order valence-electron chi connectivity index (χ0n) is 22.8. The first-order valence-corrected chi connectivity index (χ1v) is 16.0. The summed E-state index contributed by atoms with van der Waals surface area (Å²) in [5.74, 6) is -1.36. The van der Waals surface area contributed by atoms with Crippen molar-refractivity contribution in [2.45, 2.75) is 29.8 Å². The molecule has 11 heteroatoms. The Morgan fingerprint density at radius 2 is 1.65 bits per heavy atom. The molecule has 4 aromatic carbocycles. The molecule has 1 aromatic heterocycles. The number of fused-ring (bicyclic) bond motifs is 1. The third-order valence-corrected chi connectivity index (χ3v) is 9.16. The van der Waals surface area contributed by atoms with Gasteiger partial charge in [-0.25, -0.2) is 13.2 Å². The van der Waals surface area contributed by atoms with Crippen LogP contribution in [0.4, 0.5) is 0 Å². The van der Waals surface area contributed by atoms with Crippen molar-refractivity contribution in [3.63, 3.8) is 0 Å². The van der Waals surface area contributed by atoms with Gasteiger partial charge in [0.05, 0.1) is 39.8 Å². The molecule has 218 valence electrons. The van der Waals surface area contributed by atoms with Crippen molar-refractivity contribution in [2.75, 3.05) is 6.26 Å². The molecule has 0 atom stereocenters. The molecule has 1 fully saturated rings. The molecule has 0 unspecified atom stereocenters. The number of amides is 1. The molecule has 2 N–H and O–H groups in total. The summed E-state index contributed by atoms with van der Waals surface area (Å²) >= 11 is 12.5. The van der Waals surface area contributed by atoms with Crippen molar-refractivity contribution in [3.05, 3.63) is 117 Å². The molecule has 6 rings (SSSR count). The number of carboxylic acid groups (broad SMARTS) is 1. The topological polar surface area (TPSA) is 118 Å². The molecular weight excluding hydrogens is 609 g/mol. The summed E-state index contributed by atoms with van der Waals surface area (Å²) in [6, 6.07) is 21.9. The number of hydrogen-bond acceptors (Lipinski definition) is 5. The first-order chi connectivity index (χ1) is 20.4. The summed E-state index contributed by atoms with van der Waals surface area (Å²) in [4.78, 5) is 25.6. The van der Waals surface area contributed by atoms with Crippen LogP contribution >= 0.6 is 23.2 Å². The fraction of sp³-hybridized carbons (Fsp3) is 0.156. The van der Waals surface area contributed by atoms with E-state index in [1.54, 1.807) is 65.5 Å². The first kappa shape index (κ1) is 28.9. The number of carbonyl (C=O) groups excluding carboxylic acids is 1. The van der Waals surface area contributed by atoms with Crippen LogP contribution in [0.2, 0.25) is 10.0 Å². The lowest BCUT2D eigenvalue weighted by Gasteiger charge is -2.20. The Morgan fingerprint density at radius 3 is 2.28 bits per heavy atom. The number of halogens is 2. The minimum Gasteiger partial charge on any atom is -0.478 e. The standard InChI is InChI=1S/C32H25Cl2N3O5S/c1-43(41,42)27-4-2-3-21(14-27)22-13-23-17-35-37(18-19-11-25(33)16-26(34)12-19)29(23)28(15-22)30(38)36-32(9-10-32)24-7-5-20(6-8-24)31(39)40/h2-8,11-17H,9-10,18H2,1H3,(H,36,38)(H,39,40). The van der Waals surface area contributed by atoms with Gasteiger partial charge in [-0.2, -0.15) is 5.10 Å². The van der Waals surface area contributed by atoms with E-state index in [9.17, 15) is 23.1 Å². The van der Waals surface area contributed by atoms with Crippen LogP contribution in [0, 0.1) is 0 Å². The van der Waals surface area contributed by atoms with Gasteiger partial charge in [-0.3, -0.25) is 9.48 Å². The van der Waals surface area contributed by atoms with Crippen LogP contribution in [0.25, 0.3) is 22.0 Å². The van der Waals surface area contributed by atoms with Gasteiger partial charge in [-0.1, -0.05) is 47.5 Å². The highest BCUT2D eigenvalue weighted by molar-refractivity contribution is 7.90. The lowest BCUT2D eigenvalue weighted by Crippen LogP contribution is -2.35. The van der Waals surface area contributed by atoms with E-state index < -0.39 is 21.3 Å². The number of carbonyl (C=O) groups is 2. The summed E-state index contributed by atoms with van der Waals surface area (Å²) in [6.07, 6.45) is 4.22. The monoisotopic (exact) mass is 633 g/mol. The number of sulfone groups is 1. The fourth-order valence-electron chi connectivity index (χ4n) is 5.30. The fourth-order valence-corrected chi connectivity index (χ4v) is 6.54. The van der Waals surface area contributed by atoms with Crippen LogP contribution in [-0.4, -0.2) is 41.4 Å². The molecule has 43 heavy (non-hydrogen) atoms. The average Bonchev–Trinajstić information content (AvgIpc) is 3.63. The second-order valence-electron chi connectivity index (χ2n) is 10.8. The van der Waals surface area contributed by atoms with Crippen molar-refractivity contribution >= 4 is 55.8 Å². The van der Waals surface area contributed by atoms with Crippen LogP contribution in [0.5, 0.6) is 0 Å². The van der Waals surface area contributed by atoms with E-state index in [-0.39, 0.29) is 16.4 Å². The Morgan fingerprint density at radius 1 is 0.953 bits per heavy atom. The SMILES string of the molecule is CS(=O)(=O)c1cccc(-c2cc(C(=O)NC3(c4ccc(C(=O)O)cc4)CC3)c3c(cnn3Cc3cc(Cl)cc(Cl)c3)c2)c1. The summed E-state index contributed by atoms with van der Waals surface area (Å²) in [5, 5.41) is 18.7. The molecule has 5 aromatic rings. The molecular formula is C32H25Cl2N3O5S. The minimum atomic E-state index is -3.45. The molecule has 1 heterocycles. The number of aromatic nitrogens is 2. The summed E-state index contributed by atoms with van der Waals surface area (Å²) in [7, 11) is -3.45. The zero-order valence-corrected chi connectivity index (χ0v) is 25.2. The molecule has 0 saturated heterocycles. The van der Waals surface area contributed by atoms with E-state index in [1.807, 2.05) is 6.07 Å². The third-order valence-electron chi connectivity index (χ3n) is 7.62. The molecule has 1 saturated carbocycles. The van der Waals surface area contributed by atoms with Crippen LogP contribution in [0.1, 0.15) is 44.7 Å². The second kappa shape index (κ2) is 10.8. The van der Waals surface area contributed by atoms with Gasteiger partial charge in [0.25, 0.3) is 5.91 Å². The van der Waals surface area contributed by atoms with Gasteiger partial charge >= 0.3 is 5.97 Å². The molecule has 8 nitrogen and oxygen atoms in total. The Kier molecular flexibility index (Phi) is 7.28. The van der Waals surface area contributed by atoms with Crippen molar-refractivity contribution < 1.29 is 23.1 Å². The predicted molar refractivity (Wildman–Crippen MR) is 166 cm³/mol. The van der Waals surface area contributed by atoms with Crippen LogP contribution in [0.15, 0.2) is 90.0 Å². The molecule has 0 aliphatic heterocycles. The number of carboxylic acids is 1. The predicted octanol–water partition coefficient (Wildman–Crippen LogP) is 6.58. The minimum absolute atomic E-state index is 0.168. The van der Waals surface area contributed by atoms with E-state index in [0.717, 1.165) is 17.4 Å². The summed E-state index contributed by atoms with van der Waals surface area (Å²) in [6.45, 7) is 0.300. The maximum absolute atomic E-state index is 14.1. The van der Waals surface area contributed by atoms with E-state index in [4.69, 9.17) is 23.2 Å². The second-order valence-corrected chi connectivity index (χ2v) is 13.6. The first-order valence-electron chi connectivity index (χ1n) is 13.3. The van der Waals surface area contributed by atoms with Crippen molar-refractivity contribution in [1.82, 2.24) is 15.1 Å². The number of nitrogens with zero attached hydrogens (tertiary/aromatic N) is 2. The van der Waals surface area contributed by atoms with Crippen LogP contribution in [0.3, 0.4) is 0 Å². The lowest BCUT2D eigenvalue weighted by molar-refractivity contribution is 0.0696. The molecule has 1 aliphatic carbocycles. The molecule has 1 aliphatic rings. The number of rotatable bonds is 8. The highest BCUT2D eigenvalue weighted by atomic mass is 35.5. The van der Waals surface area contributed by atoms with Crippen molar-refractivity contribution in [1.29, 1.82) is 0 Å². The van der Waals surface area contributed by atoms with E-state index in [2.05, 4.69) is 10.4 Å². The Hall–Kier alpha value is -4.18. The van der Waals surface area contributed by atoms with Crippen LogP contribution < -0.4 is 5.32 Å². The lowest BCUT2D eigenvalue weighted by atomic mass is 9.98. The Balaban J connectivity index is 1.45. The number of aromatic carboxylic acids is 1. The average molecular weight is 635 g/mol. The summed E-state index contributed by atoms with van der Waals surface area (Å²) in [5.41, 5.74) is 3.41. The maximum atomic E-state index is 14.1. The highest BCUT2D eigenvalue weighted by Gasteiger charge is 2.46. The van der Waals surface area contributed by atoms with Crippen molar-refractivity contribution in [2.24, 2.45) is 0 Å². The van der Waals surface area contributed by atoms with E-state index in [1.165, 1.54) is 18.2 Å². The number of hydrogen-bond donors (Lipinski definition) is 2. The summed E-state index contributed by atoms with van der Waals surface area (Å²) < 4.78 is 26.2. The van der Waals surface area contributed by atoms with E-state index >= 15 is 0 Å². The largest absolute Gasteiger partial charge is 0.478 e. The van der Waals surface area contributed by atoms with Crippen molar-refractivity contribution in [3.8, 4) is 11.1 Å². The van der Waals surface area contributed by atoms with Gasteiger partial charge in [-0.15, -0.1) is 0 Å². The maximum Gasteiger partial charge on any atom is 0.335 e. The molecule has 0 bridgehead atoms. The number of nitrogens with one attached hydrogen (secondary N) is 1. The smallest absolute Gasteiger partial charge is 0.335 e. The molecule has 0 radical (unpaired) electrons. The van der Waals surface area contributed by atoms with E-state index in [0.29, 0.717) is 57.0 Å². The number of benzene rings is 4. The Bertz CT molecular complexity index is 2010. The van der Waals surface area contributed by atoms with Crippen LogP contribution in [-0.2, 0) is 21.9 Å². The van der Waals surface area contributed by atoms with Gasteiger partial charge in [0, 0.05) is 21.7 Å². The van der Waals surface area contributed by atoms with Gasteiger partial charge in [0.2, 0.25) is 0 Å². The quantitative estimate of drug-likeness (QED) is 0.199.